The molecule has 21 heavy (non-hydrogen) atoms. The van der Waals surface area contributed by atoms with Crippen molar-refractivity contribution in [3.8, 4) is 0 Å². The van der Waals surface area contributed by atoms with Crippen LogP contribution in [0.5, 0.6) is 0 Å². The van der Waals surface area contributed by atoms with Crippen LogP contribution in [0.2, 0.25) is 0 Å². The summed E-state index contributed by atoms with van der Waals surface area (Å²) >= 11 is 1.56. The molecular weight excluding hydrogens is 288 g/mol. The van der Waals surface area contributed by atoms with Gasteiger partial charge < -0.3 is 10.2 Å². The summed E-state index contributed by atoms with van der Waals surface area (Å²) in [6.07, 6.45) is 5.92. The lowest BCUT2D eigenvalue weighted by Gasteiger charge is -2.37. The van der Waals surface area contributed by atoms with Crippen LogP contribution in [0.1, 0.15) is 25.5 Å². The Morgan fingerprint density at radius 1 is 1.43 bits per heavy atom. The van der Waals surface area contributed by atoms with E-state index in [1.54, 1.807) is 23.2 Å². The van der Waals surface area contributed by atoms with Gasteiger partial charge in [-0.15, -0.1) is 11.3 Å². The minimum absolute atomic E-state index is 0.0112. The first-order chi connectivity index (χ1) is 10.1. The van der Waals surface area contributed by atoms with Crippen molar-refractivity contribution in [2.24, 2.45) is 5.92 Å². The molecule has 1 N–H and O–H groups in total. The number of imidazole rings is 1. The molecule has 1 saturated heterocycles. The van der Waals surface area contributed by atoms with Gasteiger partial charge in [0.1, 0.15) is 12.1 Å². The molecule has 6 nitrogen and oxygen atoms in total. The highest BCUT2D eigenvalue weighted by Crippen LogP contribution is 2.37. The normalized spacial score (nSPS) is 26.4. The first kappa shape index (κ1) is 12.8. The van der Waals surface area contributed by atoms with Crippen LogP contribution in [0.4, 0.5) is 0 Å². The van der Waals surface area contributed by atoms with Gasteiger partial charge in [-0.25, -0.2) is 4.98 Å². The van der Waals surface area contributed by atoms with Gasteiger partial charge in [-0.2, -0.15) is 0 Å². The Morgan fingerprint density at radius 3 is 2.95 bits per heavy atom. The molecule has 1 saturated carbocycles. The molecule has 2 amide bonds. The molecule has 0 aromatic carbocycles. The Kier molecular flexibility index (Phi) is 2.78. The smallest absolute Gasteiger partial charge is 0.245 e. The van der Waals surface area contributed by atoms with Gasteiger partial charge in [0.05, 0.1) is 12.2 Å². The number of thiazole rings is 1. The number of fused-ring (bicyclic) bond motifs is 1. The van der Waals surface area contributed by atoms with Crippen LogP contribution in [-0.4, -0.2) is 38.2 Å². The van der Waals surface area contributed by atoms with E-state index in [0.717, 1.165) is 23.5 Å². The SMILES string of the molecule is CC1NC(=O)C(C2CC2)N(Cc2cn3ccsc3n2)C1=O. The number of hydrogen-bond acceptors (Lipinski definition) is 4. The number of rotatable bonds is 3. The zero-order valence-electron chi connectivity index (χ0n) is 11.7. The summed E-state index contributed by atoms with van der Waals surface area (Å²) < 4.78 is 1.95. The Bertz CT molecular complexity index is 689. The molecule has 1 aliphatic carbocycles. The fourth-order valence-corrected chi connectivity index (χ4v) is 3.69. The lowest BCUT2D eigenvalue weighted by molar-refractivity contribution is -0.150. The van der Waals surface area contributed by atoms with E-state index < -0.39 is 6.04 Å². The lowest BCUT2D eigenvalue weighted by Crippen LogP contribution is -2.62. The first-order valence-electron chi connectivity index (χ1n) is 7.15. The lowest BCUT2D eigenvalue weighted by atomic mass is 10.0. The van der Waals surface area contributed by atoms with Crippen molar-refractivity contribution in [3.05, 3.63) is 23.5 Å². The highest BCUT2D eigenvalue weighted by molar-refractivity contribution is 7.15. The summed E-state index contributed by atoms with van der Waals surface area (Å²) in [4.78, 5) is 31.8. The number of amides is 2. The maximum Gasteiger partial charge on any atom is 0.245 e. The Labute approximate surface area is 125 Å². The number of piperazine rings is 1. The molecule has 1 aliphatic heterocycles. The molecule has 2 aliphatic rings. The molecule has 2 fully saturated rings. The summed E-state index contributed by atoms with van der Waals surface area (Å²) in [5, 5.41) is 4.76. The monoisotopic (exact) mass is 304 g/mol. The van der Waals surface area contributed by atoms with Crippen LogP contribution in [-0.2, 0) is 16.1 Å². The summed E-state index contributed by atoms with van der Waals surface area (Å²) in [5.41, 5.74) is 0.836. The van der Waals surface area contributed by atoms with Crippen molar-refractivity contribution >= 4 is 28.1 Å². The van der Waals surface area contributed by atoms with Crippen molar-refractivity contribution in [1.82, 2.24) is 19.6 Å². The second-order valence-electron chi connectivity index (χ2n) is 5.80. The van der Waals surface area contributed by atoms with E-state index in [0.29, 0.717) is 12.5 Å². The number of nitrogens with zero attached hydrogens (tertiary/aromatic N) is 3. The molecular formula is C14H16N4O2S. The summed E-state index contributed by atoms with van der Waals surface area (Å²) in [6.45, 7) is 2.15. The van der Waals surface area contributed by atoms with Crippen LogP contribution < -0.4 is 5.32 Å². The predicted octanol–water partition coefficient (Wildman–Crippen LogP) is 1.02. The average Bonchev–Trinajstić information content (AvgIpc) is 3.04. The zero-order valence-corrected chi connectivity index (χ0v) is 12.5. The van der Waals surface area contributed by atoms with E-state index in [1.807, 2.05) is 22.2 Å². The molecule has 4 rings (SSSR count). The van der Waals surface area contributed by atoms with Gasteiger partial charge in [0, 0.05) is 17.8 Å². The van der Waals surface area contributed by atoms with E-state index >= 15 is 0 Å². The maximum absolute atomic E-state index is 12.5. The fourth-order valence-electron chi connectivity index (χ4n) is 2.97. The second-order valence-corrected chi connectivity index (χ2v) is 6.68. The zero-order chi connectivity index (χ0) is 14.6. The molecule has 110 valence electrons. The van der Waals surface area contributed by atoms with E-state index in [1.165, 1.54) is 0 Å². The van der Waals surface area contributed by atoms with Gasteiger partial charge in [0.25, 0.3) is 0 Å². The molecule has 2 aromatic rings. The number of aromatic nitrogens is 2. The minimum Gasteiger partial charge on any atom is -0.343 e. The van der Waals surface area contributed by atoms with Crippen LogP contribution in [0.3, 0.4) is 0 Å². The highest BCUT2D eigenvalue weighted by Gasteiger charge is 2.46. The van der Waals surface area contributed by atoms with Gasteiger partial charge in [0.15, 0.2) is 4.96 Å². The third-order valence-electron chi connectivity index (χ3n) is 4.16. The highest BCUT2D eigenvalue weighted by atomic mass is 32.1. The van der Waals surface area contributed by atoms with E-state index in [9.17, 15) is 9.59 Å². The third kappa shape index (κ3) is 2.12. The largest absolute Gasteiger partial charge is 0.343 e. The number of carbonyl (C=O) groups is 2. The fraction of sp³-hybridized carbons (Fsp3) is 0.500. The standard InChI is InChI=1S/C14H16N4O2S/c1-8-13(20)18(11(9-2-3-9)12(19)15-8)7-10-6-17-4-5-21-14(17)16-10/h4-6,8-9,11H,2-3,7H2,1H3,(H,15,19). The van der Waals surface area contributed by atoms with Crippen LogP contribution in [0.15, 0.2) is 17.8 Å². The van der Waals surface area contributed by atoms with E-state index in [-0.39, 0.29) is 17.9 Å². The molecule has 2 unspecified atom stereocenters. The minimum atomic E-state index is -0.448. The quantitative estimate of drug-likeness (QED) is 0.920. The second kappa shape index (κ2) is 4.56. The van der Waals surface area contributed by atoms with E-state index in [2.05, 4.69) is 10.3 Å². The van der Waals surface area contributed by atoms with Crippen molar-refractivity contribution in [3.63, 3.8) is 0 Å². The average molecular weight is 304 g/mol. The predicted molar refractivity (Wildman–Crippen MR) is 77.7 cm³/mol. The molecule has 0 bridgehead atoms. The molecule has 2 atom stereocenters. The van der Waals surface area contributed by atoms with Gasteiger partial charge in [-0.05, 0) is 25.7 Å². The molecule has 3 heterocycles. The van der Waals surface area contributed by atoms with Crippen molar-refractivity contribution in [2.45, 2.75) is 38.4 Å². The number of hydrogen-bond donors (Lipinski definition) is 1. The van der Waals surface area contributed by atoms with Gasteiger partial charge in [-0.1, -0.05) is 0 Å². The first-order valence-corrected chi connectivity index (χ1v) is 8.03. The topological polar surface area (TPSA) is 66.7 Å². The maximum atomic E-state index is 12.5. The van der Waals surface area contributed by atoms with Gasteiger partial charge >= 0.3 is 0 Å². The van der Waals surface area contributed by atoms with Crippen molar-refractivity contribution in [2.75, 3.05) is 0 Å². The summed E-state index contributed by atoms with van der Waals surface area (Å²) in [5.74, 6) is 0.277. The molecule has 7 heteroatoms. The third-order valence-corrected chi connectivity index (χ3v) is 4.93. The molecule has 0 spiro atoms. The van der Waals surface area contributed by atoms with E-state index in [4.69, 9.17) is 0 Å². The Hall–Kier alpha value is -1.89. The molecule has 0 radical (unpaired) electrons. The van der Waals surface area contributed by atoms with Crippen molar-refractivity contribution in [1.29, 1.82) is 0 Å². The van der Waals surface area contributed by atoms with Gasteiger partial charge in [0.2, 0.25) is 11.8 Å². The van der Waals surface area contributed by atoms with Crippen LogP contribution in [0.25, 0.3) is 4.96 Å². The van der Waals surface area contributed by atoms with Crippen LogP contribution in [0, 0.1) is 5.92 Å². The van der Waals surface area contributed by atoms with Gasteiger partial charge in [-0.3, -0.25) is 14.0 Å². The summed E-state index contributed by atoms with van der Waals surface area (Å²) in [6, 6.07) is -0.773. The molecule has 2 aromatic heterocycles. The van der Waals surface area contributed by atoms with Crippen LogP contribution >= 0.6 is 11.3 Å². The summed E-state index contributed by atoms with van der Waals surface area (Å²) in [7, 11) is 0. The number of nitrogens with one attached hydrogen (secondary N) is 1. The Morgan fingerprint density at radius 2 is 2.24 bits per heavy atom. The Balaban J connectivity index is 1.64. The number of carbonyl (C=O) groups excluding carboxylic acids is 2. The van der Waals surface area contributed by atoms with Crippen molar-refractivity contribution < 1.29 is 9.59 Å².